The molecule has 4 heteroatoms. The van der Waals surface area contributed by atoms with Gasteiger partial charge in [0.25, 0.3) is 0 Å². The molecule has 0 saturated carbocycles. The second kappa shape index (κ2) is 8.28. The number of benzene rings is 1. The van der Waals surface area contributed by atoms with Crippen molar-refractivity contribution in [3.63, 3.8) is 0 Å². The summed E-state index contributed by atoms with van der Waals surface area (Å²) in [4.78, 5) is 10.4. The molecule has 0 spiro atoms. The van der Waals surface area contributed by atoms with Crippen molar-refractivity contribution in [2.45, 2.75) is 6.92 Å². The Bertz CT molecular complexity index is 266. The van der Waals surface area contributed by atoms with Gasteiger partial charge in [0.1, 0.15) is 0 Å². The third-order valence-corrected chi connectivity index (χ3v) is 1.08. The second-order valence-corrected chi connectivity index (χ2v) is 1.77. The van der Waals surface area contributed by atoms with Crippen molar-refractivity contribution in [2.75, 3.05) is 0 Å². The molecule has 68 valence electrons. The molecule has 1 amide bonds. The van der Waals surface area contributed by atoms with Crippen molar-refractivity contribution in [2.24, 2.45) is 5.73 Å². The quantitative estimate of drug-likeness (QED) is 0.709. The van der Waals surface area contributed by atoms with Crippen LogP contribution in [-0.2, 0) is 0 Å². The van der Waals surface area contributed by atoms with E-state index in [0.29, 0.717) is 0 Å². The first-order valence-corrected chi connectivity index (χ1v) is 3.38. The van der Waals surface area contributed by atoms with Gasteiger partial charge in [-0.3, -0.25) is 9.18 Å². The summed E-state index contributed by atoms with van der Waals surface area (Å²) < 4.78 is 12.5. The maximum Gasteiger partial charge on any atom is 2.00 e. The van der Waals surface area contributed by atoms with E-state index in [0.717, 1.165) is 6.07 Å². The van der Waals surface area contributed by atoms with Crippen LogP contribution in [0.1, 0.15) is 17.3 Å². The van der Waals surface area contributed by atoms with Gasteiger partial charge in [-0.25, -0.2) is 0 Å². The molecule has 0 unspecified atom stereocenters. The van der Waals surface area contributed by atoms with Gasteiger partial charge in [-0.15, -0.1) is 6.07 Å². The Morgan fingerprint density at radius 2 is 2.15 bits per heavy atom. The zero-order valence-corrected chi connectivity index (χ0v) is 11.5. The van der Waals surface area contributed by atoms with Crippen LogP contribution in [0.3, 0.4) is 0 Å². The van der Waals surface area contributed by atoms with E-state index in [1.807, 2.05) is 0 Å². The van der Waals surface area contributed by atoms with Crippen LogP contribution in [-0.4, -0.2) is 5.91 Å². The summed E-state index contributed by atoms with van der Waals surface area (Å²) in [5, 5.41) is 0. The molecule has 0 radical (unpaired) electrons. The Labute approximate surface area is 101 Å². The van der Waals surface area contributed by atoms with Gasteiger partial charge in [-0.05, 0) is 5.56 Å². The molecule has 0 fully saturated rings. The minimum atomic E-state index is -0.758. The number of hydrogen-bond acceptors (Lipinski definition) is 1. The van der Waals surface area contributed by atoms with Crippen molar-refractivity contribution in [3.05, 3.63) is 42.6 Å². The van der Waals surface area contributed by atoms with Crippen LogP contribution in [0.5, 0.6) is 0 Å². The van der Waals surface area contributed by atoms with Crippen LogP contribution in [0.15, 0.2) is 18.2 Å². The van der Waals surface area contributed by atoms with Gasteiger partial charge in [-0.1, -0.05) is 0 Å². The van der Waals surface area contributed by atoms with Gasteiger partial charge in [0, 0.05) is 5.82 Å². The van der Waals surface area contributed by atoms with Crippen LogP contribution < -0.4 is 5.73 Å². The van der Waals surface area contributed by atoms with Crippen molar-refractivity contribution in [1.82, 2.24) is 0 Å². The third-order valence-electron chi connectivity index (χ3n) is 1.08. The molecule has 1 aromatic rings. The zero-order valence-electron chi connectivity index (χ0n) is 7.30. The summed E-state index contributed by atoms with van der Waals surface area (Å²) >= 11 is 0. The average Bonchev–Trinajstić information content (AvgIpc) is 2.08. The van der Waals surface area contributed by atoms with E-state index >= 15 is 0 Å². The van der Waals surface area contributed by atoms with Crippen LogP contribution >= 0.6 is 0 Å². The fourth-order valence-electron chi connectivity index (χ4n) is 0.610. The van der Waals surface area contributed by atoms with E-state index in [2.05, 4.69) is 13.0 Å². The van der Waals surface area contributed by atoms with Crippen LogP contribution in [0.25, 0.3) is 0 Å². The number of carbonyl (C=O) groups excluding carboxylic acids is 1. The molecule has 0 saturated heterocycles. The van der Waals surface area contributed by atoms with Gasteiger partial charge >= 0.3 is 31.1 Å². The van der Waals surface area contributed by atoms with E-state index in [1.54, 1.807) is 6.92 Å². The van der Waals surface area contributed by atoms with Gasteiger partial charge in [-0.2, -0.15) is 25.1 Å². The standard InChI is InChI=1S/C7H5FNO.C2H5.U/c8-6-4-2-1-3-5(6)7(9)10;1-2;/h1,3-4H,(H2,9,10);1H2,2H3;/q2*-1;+2. The molecule has 0 heterocycles. The fourth-order valence-corrected chi connectivity index (χ4v) is 0.610. The van der Waals surface area contributed by atoms with Gasteiger partial charge in [0.2, 0.25) is 5.91 Å². The number of carbonyl (C=O) groups is 1. The minimum absolute atomic E-state index is 0. The number of hydrogen-bond donors (Lipinski definition) is 1. The Morgan fingerprint density at radius 3 is 2.46 bits per heavy atom. The molecule has 0 aromatic heterocycles. The van der Waals surface area contributed by atoms with Crippen molar-refractivity contribution < 1.29 is 40.3 Å². The maximum absolute atomic E-state index is 12.5. The monoisotopic (exact) mass is 405 g/mol. The molecule has 2 N–H and O–H groups in total. The van der Waals surface area contributed by atoms with Crippen molar-refractivity contribution >= 4 is 5.91 Å². The number of rotatable bonds is 1. The summed E-state index contributed by atoms with van der Waals surface area (Å²) in [7, 11) is 0. The molecule has 1 rings (SSSR count). The minimum Gasteiger partial charge on any atom is -0.367 e. The summed E-state index contributed by atoms with van der Waals surface area (Å²) in [6.45, 7) is 5.00. The van der Waals surface area contributed by atoms with Crippen LogP contribution in [0.4, 0.5) is 4.39 Å². The number of amides is 1. The summed E-state index contributed by atoms with van der Waals surface area (Å²) in [5.41, 5.74) is 4.72. The maximum atomic E-state index is 12.5. The van der Waals surface area contributed by atoms with E-state index in [-0.39, 0.29) is 36.7 Å². The Morgan fingerprint density at radius 1 is 1.62 bits per heavy atom. The first-order chi connectivity index (χ1) is 5.72. The van der Waals surface area contributed by atoms with Crippen LogP contribution in [0, 0.1) is 49.9 Å². The summed E-state index contributed by atoms with van der Waals surface area (Å²) in [6, 6.07) is 6.27. The Kier molecular flexibility index (Phi) is 9.65. The summed E-state index contributed by atoms with van der Waals surface area (Å²) in [6.07, 6.45) is 0. The molecule has 0 aliphatic carbocycles. The average molecular weight is 405 g/mol. The first kappa shape index (κ1) is 15.2. The first-order valence-electron chi connectivity index (χ1n) is 3.38. The Hall–Kier alpha value is -0.328. The van der Waals surface area contributed by atoms with E-state index in [1.165, 1.54) is 12.1 Å². The van der Waals surface area contributed by atoms with Crippen molar-refractivity contribution in [3.8, 4) is 0 Å². The largest absolute Gasteiger partial charge is 2.00 e. The molecular weight excluding hydrogens is 395 g/mol. The smallest absolute Gasteiger partial charge is 0.367 e. The Balaban J connectivity index is 0. The predicted octanol–water partition coefficient (Wildman–Crippen LogP) is 1.57. The van der Waals surface area contributed by atoms with Crippen LogP contribution in [0.2, 0.25) is 0 Å². The van der Waals surface area contributed by atoms with Crippen molar-refractivity contribution in [1.29, 1.82) is 0 Å². The number of nitrogens with two attached hydrogens (primary N) is 1. The normalized spacial score (nSPS) is 7.62. The SMILES string of the molecule is NC(=O)c1cc[c-]cc1F.[CH2-]C.[U+2]. The number of primary amides is 1. The molecule has 0 aliphatic rings. The predicted molar refractivity (Wildman–Crippen MR) is 44.8 cm³/mol. The molecule has 13 heavy (non-hydrogen) atoms. The molecule has 0 aliphatic heterocycles. The molecule has 1 aromatic carbocycles. The molecule has 0 bridgehead atoms. The molecular formula is C9H10FNOU. The molecule has 0 atom stereocenters. The third kappa shape index (κ3) is 5.07. The van der Waals surface area contributed by atoms with Gasteiger partial charge in [0.15, 0.2) is 0 Å². The second-order valence-electron chi connectivity index (χ2n) is 1.77. The van der Waals surface area contributed by atoms with Gasteiger partial charge < -0.3 is 12.7 Å². The fraction of sp³-hybridized carbons (Fsp3) is 0.111. The molecule has 2 nitrogen and oxygen atoms in total. The summed E-state index contributed by atoms with van der Waals surface area (Å²) in [5.74, 6) is -1.39. The van der Waals surface area contributed by atoms with E-state index < -0.39 is 11.7 Å². The van der Waals surface area contributed by atoms with E-state index in [4.69, 9.17) is 5.73 Å². The zero-order chi connectivity index (χ0) is 9.56. The van der Waals surface area contributed by atoms with E-state index in [9.17, 15) is 9.18 Å². The van der Waals surface area contributed by atoms with Gasteiger partial charge in [0.05, 0.1) is 0 Å². The topological polar surface area (TPSA) is 43.1 Å². The number of halogens is 1.